The summed E-state index contributed by atoms with van der Waals surface area (Å²) in [5.74, 6) is 2.15. The largest absolute Gasteiger partial charge is 0.490 e. The van der Waals surface area contributed by atoms with E-state index in [4.69, 9.17) is 21.1 Å². The summed E-state index contributed by atoms with van der Waals surface area (Å²) in [7, 11) is 0. The number of hydrogen-bond acceptors (Lipinski definition) is 7. The van der Waals surface area contributed by atoms with Gasteiger partial charge in [-0.1, -0.05) is 65.8 Å². The zero-order valence-corrected chi connectivity index (χ0v) is 22.1. The van der Waals surface area contributed by atoms with Crippen LogP contribution in [0.1, 0.15) is 30.0 Å². The fourth-order valence-corrected chi connectivity index (χ4v) is 4.76. The van der Waals surface area contributed by atoms with Crippen molar-refractivity contribution in [3.05, 3.63) is 88.4 Å². The standard InChI is InChI=1S/C27H30ClN5O2S/c1-3-34-25-17-21(16-24(28)26(25)35-19-22-11-8-7-10-20(22)2)18-29-14-9-15-36-27-30-31-32-33(27)23-12-5-4-6-13-23/h4-8,10-13,16-17,29H,3,9,14-15,18-19H2,1-2H3. The number of nitrogens with one attached hydrogen (secondary N) is 1. The normalized spacial score (nSPS) is 11.0. The first kappa shape index (κ1) is 26.0. The lowest BCUT2D eigenvalue weighted by Gasteiger charge is -2.16. The van der Waals surface area contributed by atoms with Gasteiger partial charge in [0, 0.05) is 12.3 Å². The van der Waals surface area contributed by atoms with Gasteiger partial charge in [-0.15, -0.1) is 5.10 Å². The summed E-state index contributed by atoms with van der Waals surface area (Å²) < 4.78 is 13.7. The summed E-state index contributed by atoms with van der Waals surface area (Å²) in [6.07, 6.45) is 0.968. The second kappa shape index (κ2) is 13.3. The molecule has 0 amide bonds. The van der Waals surface area contributed by atoms with E-state index in [1.54, 1.807) is 16.4 Å². The van der Waals surface area contributed by atoms with Crippen molar-refractivity contribution in [3.63, 3.8) is 0 Å². The Morgan fingerprint density at radius 1 is 1.03 bits per heavy atom. The molecule has 0 bridgehead atoms. The summed E-state index contributed by atoms with van der Waals surface area (Å²) in [4.78, 5) is 0. The molecule has 1 heterocycles. The number of aryl methyl sites for hydroxylation is 1. The molecule has 4 aromatic rings. The average Bonchev–Trinajstić information content (AvgIpc) is 3.36. The fraction of sp³-hybridized carbons (Fsp3) is 0.296. The Balaban J connectivity index is 1.27. The average molecular weight is 524 g/mol. The van der Waals surface area contributed by atoms with Gasteiger partial charge in [-0.05, 0) is 78.2 Å². The number of para-hydroxylation sites is 1. The van der Waals surface area contributed by atoms with E-state index in [0.29, 0.717) is 36.3 Å². The van der Waals surface area contributed by atoms with Crippen LogP contribution in [0.2, 0.25) is 5.02 Å². The van der Waals surface area contributed by atoms with Crippen molar-refractivity contribution in [1.82, 2.24) is 25.5 Å². The molecule has 4 rings (SSSR count). The van der Waals surface area contributed by atoms with Crippen LogP contribution >= 0.6 is 23.4 Å². The molecular weight excluding hydrogens is 494 g/mol. The lowest BCUT2D eigenvalue weighted by atomic mass is 10.1. The van der Waals surface area contributed by atoms with Crippen LogP contribution < -0.4 is 14.8 Å². The van der Waals surface area contributed by atoms with Crippen LogP contribution in [0.3, 0.4) is 0 Å². The Bertz CT molecular complexity index is 1250. The van der Waals surface area contributed by atoms with Gasteiger partial charge in [-0.3, -0.25) is 0 Å². The van der Waals surface area contributed by atoms with Crippen LogP contribution in [-0.4, -0.2) is 39.1 Å². The minimum atomic E-state index is 0.440. The molecule has 1 aromatic heterocycles. The molecule has 0 unspecified atom stereocenters. The fourth-order valence-electron chi connectivity index (χ4n) is 3.64. The summed E-state index contributed by atoms with van der Waals surface area (Å²) in [5.41, 5.74) is 4.31. The molecule has 0 aliphatic heterocycles. The quantitative estimate of drug-likeness (QED) is 0.173. The lowest BCUT2D eigenvalue weighted by Crippen LogP contribution is -2.15. The topological polar surface area (TPSA) is 74.1 Å². The highest BCUT2D eigenvalue weighted by atomic mass is 35.5. The summed E-state index contributed by atoms with van der Waals surface area (Å²) in [5, 5.41) is 16.9. The Labute approximate surface area is 221 Å². The highest BCUT2D eigenvalue weighted by Crippen LogP contribution is 2.37. The van der Waals surface area contributed by atoms with E-state index >= 15 is 0 Å². The van der Waals surface area contributed by atoms with Gasteiger partial charge in [0.05, 0.1) is 17.3 Å². The van der Waals surface area contributed by atoms with Crippen molar-refractivity contribution in [2.45, 2.75) is 38.6 Å². The van der Waals surface area contributed by atoms with Gasteiger partial charge in [-0.25, -0.2) is 0 Å². The number of aromatic nitrogens is 4. The van der Waals surface area contributed by atoms with Crippen LogP contribution in [0, 0.1) is 6.92 Å². The van der Waals surface area contributed by atoms with Gasteiger partial charge in [0.2, 0.25) is 5.16 Å². The third kappa shape index (κ3) is 7.00. The van der Waals surface area contributed by atoms with E-state index < -0.39 is 0 Å². The van der Waals surface area contributed by atoms with Crippen molar-refractivity contribution in [1.29, 1.82) is 0 Å². The second-order valence-corrected chi connectivity index (χ2v) is 9.61. The molecule has 0 radical (unpaired) electrons. The van der Waals surface area contributed by atoms with E-state index in [-0.39, 0.29) is 0 Å². The number of nitrogens with zero attached hydrogens (tertiary/aromatic N) is 4. The monoisotopic (exact) mass is 523 g/mol. The minimum Gasteiger partial charge on any atom is -0.490 e. The Hall–Kier alpha value is -3.07. The lowest BCUT2D eigenvalue weighted by molar-refractivity contribution is 0.269. The third-order valence-electron chi connectivity index (χ3n) is 5.50. The molecule has 0 spiro atoms. The van der Waals surface area contributed by atoms with Crippen molar-refractivity contribution >= 4 is 23.4 Å². The van der Waals surface area contributed by atoms with E-state index in [1.165, 1.54) is 5.56 Å². The number of tetrazole rings is 1. The van der Waals surface area contributed by atoms with E-state index in [9.17, 15) is 0 Å². The maximum absolute atomic E-state index is 6.60. The molecule has 0 atom stereocenters. The Morgan fingerprint density at radius 2 is 1.83 bits per heavy atom. The van der Waals surface area contributed by atoms with Crippen LogP contribution in [0.5, 0.6) is 11.5 Å². The highest BCUT2D eigenvalue weighted by Gasteiger charge is 2.14. The van der Waals surface area contributed by atoms with Crippen LogP contribution in [0.15, 0.2) is 71.9 Å². The predicted molar refractivity (Wildman–Crippen MR) is 144 cm³/mol. The van der Waals surface area contributed by atoms with Crippen LogP contribution in [0.4, 0.5) is 0 Å². The molecule has 0 aliphatic carbocycles. The van der Waals surface area contributed by atoms with E-state index in [1.807, 2.05) is 61.5 Å². The molecule has 0 saturated carbocycles. The van der Waals surface area contributed by atoms with Gasteiger partial charge in [0.25, 0.3) is 0 Å². The number of thioether (sulfide) groups is 1. The predicted octanol–water partition coefficient (Wildman–Crippen LogP) is 5.87. The SMILES string of the molecule is CCOc1cc(CNCCCSc2nnnn2-c2ccccc2)cc(Cl)c1OCc1ccccc1C. The third-order valence-corrected chi connectivity index (χ3v) is 6.79. The van der Waals surface area contributed by atoms with Gasteiger partial charge in [0.15, 0.2) is 11.5 Å². The van der Waals surface area contributed by atoms with E-state index in [0.717, 1.165) is 40.7 Å². The van der Waals surface area contributed by atoms with E-state index in [2.05, 4.69) is 39.9 Å². The van der Waals surface area contributed by atoms with Gasteiger partial charge < -0.3 is 14.8 Å². The van der Waals surface area contributed by atoms with Gasteiger partial charge >= 0.3 is 0 Å². The zero-order valence-electron chi connectivity index (χ0n) is 20.5. The molecule has 7 nitrogen and oxygen atoms in total. The molecule has 36 heavy (non-hydrogen) atoms. The van der Waals surface area contributed by atoms with Crippen molar-refractivity contribution < 1.29 is 9.47 Å². The van der Waals surface area contributed by atoms with Crippen LogP contribution in [0.25, 0.3) is 5.69 Å². The first-order valence-corrected chi connectivity index (χ1v) is 13.3. The summed E-state index contributed by atoms with van der Waals surface area (Å²) in [6.45, 7) is 6.54. The number of halogens is 1. The maximum Gasteiger partial charge on any atom is 0.214 e. The molecule has 9 heteroatoms. The molecular formula is C27H30ClN5O2S. The molecule has 1 N–H and O–H groups in total. The van der Waals surface area contributed by atoms with Crippen molar-refractivity contribution in [2.75, 3.05) is 18.9 Å². The van der Waals surface area contributed by atoms with Crippen LogP contribution in [-0.2, 0) is 13.2 Å². The molecule has 3 aromatic carbocycles. The number of hydrogen-bond donors (Lipinski definition) is 1. The first-order chi connectivity index (χ1) is 17.7. The zero-order chi connectivity index (χ0) is 25.2. The number of ether oxygens (including phenoxy) is 2. The smallest absolute Gasteiger partial charge is 0.214 e. The highest BCUT2D eigenvalue weighted by molar-refractivity contribution is 7.99. The second-order valence-electron chi connectivity index (χ2n) is 8.14. The molecule has 0 fully saturated rings. The Kier molecular flexibility index (Phi) is 9.61. The van der Waals surface area contributed by atoms with Crippen molar-refractivity contribution in [3.8, 4) is 17.2 Å². The van der Waals surface area contributed by atoms with Gasteiger partial charge in [-0.2, -0.15) is 4.68 Å². The number of benzene rings is 3. The molecule has 0 aliphatic rings. The van der Waals surface area contributed by atoms with Crippen molar-refractivity contribution in [2.24, 2.45) is 0 Å². The molecule has 188 valence electrons. The Morgan fingerprint density at radius 3 is 2.64 bits per heavy atom. The first-order valence-electron chi connectivity index (χ1n) is 12.0. The number of rotatable bonds is 13. The van der Waals surface area contributed by atoms with Gasteiger partial charge in [0.1, 0.15) is 6.61 Å². The summed E-state index contributed by atoms with van der Waals surface area (Å²) >= 11 is 8.25. The minimum absolute atomic E-state index is 0.440. The molecule has 0 saturated heterocycles. The maximum atomic E-state index is 6.60. The summed E-state index contributed by atoms with van der Waals surface area (Å²) in [6, 6.07) is 22.0.